The summed E-state index contributed by atoms with van der Waals surface area (Å²) in [6.45, 7) is 5.29. The number of benzene rings is 1. The first kappa shape index (κ1) is 18.1. The van der Waals surface area contributed by atoms with Crippen LogP contribution in [0.25, 0.3) is 0 Å². The Morgan fingerprint density at radius 3 is 2.46 bits per heavy atom. The van der Waals surface area contributed by atoms with E-state index < -0.39 is 23.2 Å². The lowest BCUT2D eigenvalue weighted by Gasteiger charge is -2.35. The summed E-state index contributed by atoms with van der Waals surface area (Å²) >= 11 is 3.26. The predicted octanol–water partition coefficient (Wildman–Crippen LogP) is 3.57. The summed E-state index contributed by atoms with van der Waals surface area (Å²) < 4.78 is 14.4. The van der Waals surface area contributed by atoms with Crippen molar-refractivity contribution in [2.24, 2.45) is 0 Å². The van der Waals surface area contributed by atoms with Crippen molar-refractivity contribution in [1.29, 1.82) is 0 Å². The van der Waals surface area contributed by atoms with E-state index in [4.69, 9.17) is 0 Å². The Morgan fingerprint density at radius 1 is 1.21 bits per heavy atom. The van der Waals surface area contributed by atoms with Crippen molar-refractivity contribution in [3.05, 3.63) is 64.1 Å². The number of hydrogen-bond donors (Lipinski definition) is 1. The Balaban J connectivity index is 2.32. The van der Waals surface area contributed by atoms with E-state index in [1.54, 1.807) is 39.1 Å². The van der Waals surface area contributed by atoms with Crippen LogP contribution in [-0.4, -0.2) is 27.3 Å². The third-order valence-electron chi connectivity index (χ3n) is 3.16. The molecular weight excluding hydrogens is 377 g/mol. The van der Waals surface area contributed by atoms with Gasteiger partial charge in [0.25, 0.3) is 11.8 Å². The molecule has 1 aromatic carbocycles. The zero-order chi connectivity index (χ0) is 17.9. The van der Waals surface area contributed by atoms with Crippen molar-refractivity contribution >= 4 is 27.7 Å². The van der Waals surface area contributed by atoms with Gasteiger partial charge in [-0.25, -0.2) is 9.40 Å². The van der Waals surface area contributed by atoms with Crippen molar-refractivity contribution in [3.8, 4) is 0 Å². The van der Waals surface area contributed by atoms with E-state index in [9.17, 15) is 14.0 Å². The van der Waals surface area contributed by atoms with Crippen LogP contribution in [0.2, 0.25) is 0 Å². The minimum Gasteiger partial charge on any atom is -0.267 e. The van der Waals surface area contributed by atoms with Gasteiger partial charge in [0.2, 0.25) is 0 Å². The molecule has 2 aromatic rings. The SMILES string of the molecule is CC(C)(C)N(NC(=O)c1ccccc1F)C(=O)c1cncc(Br)c1. The Hall–Kier alpha value is -2.28. The molecule has 0 bridgehead atoms. The number of hydrogen-bond acceptors (Lipinski definition) is 3. The summed E-state index contributed by atoms with van der Waals surface area (Å²) in [5.41, 5.74) is 1.94. The number of rotatable bonds is 2. The largest absolute Gasteiger partial charge is 0.274 e. The third-order valence-corrected chi connectivity index (χ3v) is 3.59. The molecule has 0 atom stereocenters. The number of hydrazine groups is 1. The fraction of sp³-hybridized carbons (Fsp3) is 0.235. The second-order valence-corrected chi connectivity index (χ2v) is 7.04. The first-order chi connectivity index (χ1) is 11.2. The fourth-order valence-corrected chi connectivity index (χ4v) is 2.35. The summed E-state index contributed by atoms with van der Waals surface area (Å²) in [6, 6.07) is 7.20. The Bertz CT molecular complexity index is 774. The molecule has 0 aliphatic heterocycles. The molecule has 7 heteroatoms. The smallest absolute Gasteiger partial charge is 0.267 e. The maximum absolute atomic E-state index is 13.8. The molecule has 24 heavy (non-hydrogen) atoms. The highest BCUT2D eigenvalue weighted by Crippen LogP contribution is 2.18. The minimum absolute atomic E-state index is 0.132. The molecule has 1 aromatic heterocycles. The molecule has 0 spiro atoms. The van der Waals surface area contributed by atoms with Crippen LogP contribution in [-0.2, 0) is 0 Å². The van der Waals surface area contributed by atoms with Crippen molar-refractivity contribution in [2.45, 2.75) is 26.3 Å². The fourth-order valence-electron chi connectivity index (χ4n) is 1.99. The molecule has 0 fully saturated rings. The predicted molar refractivity (Wildman–Crippen MR) is 91.7 cm³/mol. The van der Waals surface area contributed by atoms with Crippen LogP contribution < -0.4 is 5.43 Å². The van der Waals surface area contributed by atoms with E-state index >= 15 is 0 Å². The van der Waals surface area contributed by atoms with Crippen LogP contribution in [0.5, 0.6) is 0 Å². The molecule has 0 aliphatic rings. The van der Waals surface area contributed by atoms with Gasteiger partial charge >= 0.3 is 0 Å². The van der Waals surface area contributed by atoms with E-state index in [-0.39, 0.29) is 5.56 Å². The molecule has 0 saturated carbocycles. The quantitative estimate of drug-likeness (QED) is 0.793. The second-order valence-electron chi connectivity index (χ2n) is 6.12. The Kier molecular flexibility index (Phi) is 5.33. The molecule has 0 unspecified atom stereocenters. The van der Waals surface area contributed by atoms with Crippen LogP contribution in [0.1, 0.15) is 41.5 Å². The van der Waals surface area contributed by atoms with Crippen LogP contribution in [0.4, 0.5) is 4.39 Å². The van der Waals surface area contributed by atoms with Gasteiger partial charge < -0.3 is 0 Å². The molecule has 1 N–H and O–H groups in total. The van der Waals surface area contributed by atoms with Gasteiger partial charge in [0, 0.05) is 16.9 Å². The number of pyridine rings is 1. The molecule has 2 rings (SSSR count). The number of nitrogens with one attached hydrogen (secondary N) is 1. The molecule has 0 aliphatic carbocycles. The maximum atomic E-state index is 13.8. The maximum Gasteiger partial charge on any atom is 0.274 e. The van der Waals surface area contributed by atoms with Gasteiger partial charge in [-0.15, -0.1) is 0 Å². The first-order valence-corrected chi connectivity index (χ1v) is 8.00. The van der Waals surface area contributed by atoms with E-state index in [0.717, 1.165) is 0 Å². The average Bonchev–Trinajstić information content (AvgIpc) is 2.51. The normalized spacial score (nSPS) is 11.0. The van der Waals surface area contributed by atoms with E-state index in [2.05, 4.69) is 26.3 Å². The summed E-state index contributed by atoms with van der Waals surface area (Å²) in [4.78, 5) is 29.1. The van der Waals surface area contributed by atoms with Crippen LogP contribution in [0.3, 0.4) is 0 Å². The topological polar surface area (TPSA) is 62.3 Å². The molecule has 5 nitrogen and oxygen atoms in total. The van der Waals surface area contributed by atoms with E-state index in [1.165, 1.54) is 29.4 Å². The van der Waals surface area contributed by atoms with E-state index in [1.807, 2.05) is 0 Å². The lowest BCUT2D eigenvalue weighted by atomic mass is 10.1. The number of carbonyl (C=O) groups is 2. The van der Waals surface area contributed by atoms with E-state index in [0.29, 0.717) is 10.0 Å². The third kappa shape index (κ3) is 4.17. The van der Waals surface area contributed by atoms with Gasteiger partial charge in [-0.05, 0) is 54.9 Å². The van der Waals surface area contributed by atoms with Gasteiger partial charge in [-0.1, -0.05) is 12.1 Å². The summed E-state index contributed by atoms with van der Waals surface area (Å²) in [5, 5.41) is 1.17. The monoisotopic (exact) mass is 393 g/mol. The molecule has 126 valence electrons. The number of aromatic nitrogens is 1. The first-order valence-electron chi connectivity index (χ1n) is 7.21. The lowest BCUT2D eigenvalue weighted by Crippen LogP contribution is -2.56. The lowest BCUT2D eigenvalue weighted by molar-refractivity contribution is 0.0356. The summed E-state index contributed by atoms with van der Waals surface area (Å²) in [5.74, 6) is -1.79. The number of halogens is 2. The highest BCUT2D eigenvalue weighted by atomic mass is 79.9. The Labute approximate surface area is 148 Å². The van der Waals surface area contributed by atoms with Crippen molar-refractivity contribution in [2.75, 3.05) is 0 Å². The van der Waals surface area contributed by atoms with Crippen molar-refractivity contribution in [3.63, 3.8) is 0 Å². The zero-order valence-electron chi connectivity index (χ0n) is 13.5. The minimum atomic E-state index is -0.722. The average molecular weight is 394 g/mol. The highest BCUT2D eigenvalue weighted by Gasteiger charge is 2.30. The molecule has 0 saturated heterocycles. The van der Waals surface area contributed by atoms with Crippen molar-refractivity contribution < 1.29 is 14.0 Å². The summed E-state index contributed by atoms with van der Waals surface area (Å²) in [7, 11) is 0. The Morgan fingerprint density at radius 2 is 1.88 bits per heavy atom. The highest BCUT2D eigenvalue weighted by molar-refractivity contribution is 9.10. The standard InChI is InChI=1S/C17H17BrFN3O2/c1-17(2,3)22(16(24)11-8-12(18)10-20-9-11)21-15(23)13-6-4-5-7-14(13)19/h4-10H,1-3H3,(H,21,23). The summed E-state index contributed by atoms with van der Waals surface area (Å²) in [6.07, 6.45) is 2.96. The van der Waals surface area contributed by atoms with Gasteiger partial charge in [0.05, 0.1) is 16.7 Å². The molecule has 2 amide bonds. The van der Waals surface area contributed by atoms with Crippen LogP contribution in [0.15, 0.2) is 47.2 Å². The number of amides is 2. The number of carbonyl (C=O) groups excluding carboxylic acids is 2. The van der Waals surface area contributed by atoms with Gasteiger partial charge in [0.15, 0.2) is 0 Å². The van der Waals surface area contributed by atoms with Gasteiger partial charge in [0.1, 0.15) is 5.82 Å². The van der Waals surface area contributed by atoms with Gasteiger partial charge in [-0.3, -0.25) is 20.0 Å². The van der Waals surface area contributed by atoms with Gasteiger partial charge in [-0.2, -0.15) is 0 Å². The molecule has 1 heterocycles. The molecular formula is C17H17BrFN3O2. The number of nitrogens with zero attached hydrogens (tertiary/aromatic N) is 2. The zero-order valence-corrected chi connectivity index (χ0v) is 15.1. The molecule has 0 radical (unpaired) electrons. The van der Waals surface area contributed by atoms with Crippen LogP contribution >= 0.6 is 15.9 Å². The van der Waals surface area contributed by atoms with Crippen molar-refractivity contribution in [1.82, 2.24) is 15.4 Å². The second kappa shape index (κ2) is 7.09. The van der Waals surface area contributed by atoms with Crippen LogP contribution in [0, 0.1) is 5.82 Å².